The zero-order chi connectivity index (χ0) is 24.6. The molecule has 0 aliphatic heterocycles. The second kappa shape index (κ2) is 8.89. The van der Waals surface area contributed by atoms with E-state index in [4.69, 9.17) is 4.74 Å². The Balaban J connectivity index is 1.99. The number of aryl methyl sites for hydroxylation is 1. The molecule has 0 unspecified atom stereocenters. The Morgan fingerprint density at radius 1 is 1.30 bits per heavy atom. The molecule has 2 aromatic rings. The Labute approximate surface area is 189 Å². The number of aliphatic hydroxyl groups is 1. The van der Waals surface area contributed by atoms with E-state index in [2.05, 4.69) is 9.97 Å². The van der Waals surface area contributed by atoms with Crippen molar-refractivity contribution in [3.63, 3.8) is 0 Å². The summed E-state index contributed by atoms with van der Waals surface area (Å²) in [6, 6.07) is 5.90. The summed E-state index contributed by atoms with van der Waals surface area (Å²) in [5.74, 6) is -0.740. The number of carbonyl (C=O) groups excluding carboxylic acids is 1. The van der Waals surface area contributed by atoms with Crippen LogP contribution in [0.15, 0.2) is 30.5 Å². The number of carbonyl (C=O) groups is 1. The summed E-state index contributed by atoms with van der Waals surface area (Å²) in [6.07, 6.45) is -4.13. The Kier molecular flexibility index (Phi) is 6.70. The van der Waals surface area contributed by atoms with Crippen LogP contribution in [0.5, 0.6) is 0 Å². The third-order valence-corrected chi connectivity index (χ3v) is 5.70. The first-order chi connectivity index (χ1) is 15.3. The van der Waals surface area contributed by atoms with Gasteiger partial charge in [-0.2, -0.15) is 13.2 Å². The standard InChI is InChI=1S/C23H27F4N3O3/c1-14-28-12-18(19(29-14)23(25,26)27)30(20(32)33-21(2,3)4)9-8-22(11-16(22)13-31)15-6-5-7-17(24)10-15/h5-7,10,12,16,31H,8-9,11,13H2,1-4H3/t16-,22-/m0/s1. The third-order valence-electron chi connectivity index (χ3n) is 5.70. The summed E-state index contributed by atoms with van der Waals surface area (Å²) in [4.78, 5) is 21.2. The van der Waals surface area contributed by atoms with E-state index >= 15 is 0 Å². The number of amides is 1. The Bertz CT molecular complexity index is 1020. The number of ether oxygens (including phenoxy) is 1. The molecule has 1 fully saturated rings. The lowest BCUT2D eigenvalue weighted by atomic mass is 9.89. The summed E-state index contributed by atoms with van der Waals surface area (Å²) < 4.78 is 60.5. The highest BCUT2D eigenvalue weighted by Gasteiger charge is 2.55. The van der Waals surface area contributed by atoms with Crippen LogP contribution in [0.25, 0.3) is 0 Å². The van der Waals surface area contributed by atoms with E-state index in [-0.39, 0.29) is 31.3 Å². The molecule has 6 nitrogen and oxygen atoms in total. The predicted octanol–water partition coefficient (Wildman–Crippen LogP) is 5.02. The van der Waals surface area contributed by atoms with Gasteiger partial charge in [-0.1, -0.05) is 12.1 Å². The fraction of sp³-hybridized carbons (Fsp3) is 0.522. The number of nitrogens with zero attached hydrogens (tertiary/aromatic N) is 3. The monoisotopic (exact) mass is 469 g/mol. The number of aromatic nitrogens is 2. The number of rotatable bonds is 6. The molecule has 1 N–H and O–H groups in total. The molecule has 0 spiro atoms. The van der Waals surface area contributed by atoms with Gasteiger partial charge in [0.05, 0.1) is 11.9 Å². The van der Waals surface area contributed by atoms with Crippen molar-refractivity contribution < 1.29 is 32.2 Å². The maximum atomic E-state index is 13.9. The first kappa shape index (κ1) is 24.9. The molecule has 1 aliphatic rings. The maximum Gasteiger partial charge on any atom is 0.435 e. The van der Waals surface area contributed by atoms with Gasteiger partial charge in [0.25, 0.3) is 0 Å². The maximum absolute atomic E-state index is 13.9. The van der Waals surface area contributed by atoms with E-state index in [1.807, 2.05) is 0 Å². The molecule has 1 aromatic heterocycles. The molecular weight excluding hydrogens is 442 g/mol. The SMILES string of the molecule is Cc1ncc(N(CC[C@@]2(c3cccc(F)c3)C[C@H]2CO)C(=O)OC(C)(C)C)c(C(F)(F)F)n1. The second-order valence-electron chi connectivity index (χ2n) is 9.28. The lowest BCUT2D eigenvalue weighted by molar-refractivity contribution is -0.140. The van der Waals surface area contributed by atoms with Crippen LogP contribution in [-0.4, -0.2) is 39.9 Å². The van der Waals surface area contributed by atoms with Crippen LogP contribution in [0.4, 0.5) is 28.0 Å². The minimum absolute atomic E-state index is 0.0889. The summed E-state index contributed by atoms with van der Waals surface area (Å²) >= 11 is 0. The molecular formula is C23H27F4N3O3. The van der Waals surface area contributed by atoms with E-state index < -0.39 is 40.5 Å². The number of hydrogen-bond donors (Lipinski definition) is 1. The number of benzene rings is 1. The van der Waals surface area contributed by atoms with Crippen LogP contribution < -0.4 is 4.90 Å². The summed E-state index contributed by atoms with van der Waals surface area (Å²) in [7, 11) is 0. The molecule has 33 heavy (non-hydrogen) atoms. The summed E-state index contributed by atoms with van der Waals surface area (Å²) in [6.45, 7) is 5.82. The number of hydrogen-bond acceptors (Lipinski definition) is 5. The Hall–Kier alpha value is -2.75. The first-order valence-corrected chi connectivity index (χ1v) is 10.5. The average molecular weight is 469 g/mol. The van der Waals surface area contributed by atoms with Crippen molar-refractivity contribution in [2.45, 2.75) is 57.7 Å². The molecule has 180 valence electrons. The van der Waals surface area contributed by atoms with Crippen LogP contribution in [0.2, 0.25) is 0 Å². The lowest BCUT2D eigenvalue weighted by Crippen LogP contribution is -2.40. The third kappa shape index (κ3) is 5.61. The van der Waals surface area contributed by atoms with Gasteiger partial charge >= 0.3 is 12.3 Å². The fourth-order valence-corrected chi connectivity index (χ4v) is 4.03. The number of halogens is 4. The van der Waals surface area contributed by atoms with Crippen molar-refractivity contribution in [3.05, 3.63) is 53.4 Å². The van der Waals surface area contributed by atoms with Crippen molar-refractivity contribution >= 4 is 11.8 Å². The van der Waals surface area contributed by atoms with Crippen LogP contribution in [0.1, 0.15) is 50.7 Å². The van der Waals surface area contributed by atoms with Gasteiger partial charge in [-0.05, 0) is 64.2 Å². The van der Waals surface area contributed by atoms with Gasteiger partial charge in [-0.15, -0.1) is 0 Å². The van der Waals surface area contributed by atoms with Gasteiger partial charge < -0.3 is 9.84 Å². The Morgan fingerprint density at radius 2 is 2.00 bits per heavy atom. The smallest absolute Gasteiger partial charge is 0.435 e. The van der Waals surface area contributed by atoms with E-state index in [1.165, 1.54) is 19.1 Å². The van der Waals surface area contributed by atoms with E-state index in [9.17, 15) is 27.5 Å². The summed E-state index contributed by atoms with van der Waals surface area (Å²) in [5, 5.41) is 9.73. The van der Waals surface area contributed by atoms with Crippen molar-refractivity contribution in [2.24, 2.45) is 5.92 Å². The van der Waals surface area contributed by atoms with Crippen LogP contribution >= 0.6 is 0 Å². The quantitative estimate of drug-likeness (QED) is 0.601. The minimum Gasteiger partial charge on any atom is -0.443 e. The van der Waals surface area contributed by atoms with Gasteiger partial charge in [-0.25, -0.2) is 19.2 Å². The van der Waals surface area contributed by atoms with E-state index in [1.54, 1.807) is 32.9 Å². The van der Waals surface area contributed by atoms with Crippen molar-refractivity contribution in [1.29, 1.82) is 0 Å². The zero-order valence-corrected chi connectivity index (χ0v) is 18.9. The molecule has 1 heterocycles. The van der Waals surface area contributed by atoms with Crippen LogP contribution in [0, 0.1) is 18.7 Å². The number of anilines is 1. The molecule has 1 saturated carbocycles. The van der Waals surface area contributed by atoms with Gasteiger partial charge in [-0.3, -0.25) is 4.90 Å². The minimum atomic E-state index is -4.82. The molecule has 2 atom stereocenters. The first-order valence-electron chi connectivity index (χ1n) is 10.5. The molecule has 0 bridgehead atoms. The van der Waals surface area contributed by atoms with Crippen LogP contribution in [-0.2, 0) is 16.3 Å². The van der Waals surface area contributed by atoms with Gasteiger partial charge in [0.15, 0.2) is 5.69 Å². The van der Waals surface area contributed by atoms with E-state index in [0.717, 1.165) is 11.1 Å². The fourth-order valence-electron chi connectivity index (χ4n) is 4.03. The van der Waals surface area contributed by atoms with Crippen molar-refractivity contribution in [3.8, 4) is 0 Å². The average Bonchev–Trinajstić information content (AvgIpc) is 3.41. The molecule has 1 aliphatic carbocycles. The molecule has 1 aromatic carbocycles. The molecule has 1 amide bonds. The second-order valence-corrected chi connectivity index (χ2v) is 9.28. The number of aliphatic hydroxyl groups excluding tert-OH is 1. The molecule has 10 heteroatoms. The van der Waals surface area contributed by atoms with Crippen molar-refractivity contribution in [1.82, 2.24) is 9.97 Å². The van der Waals surface area contributed by atoms with Crippen molar-refractivity contribution in [2.75, 3.05) is 18.1 Å². The Morgan fingerprint density at radius 3 is 2.55 bits per heavy atom. The van der Waals surface area contributed by atoms with Crippen LogP contribution in [0.3, 0.4) is 0 Å². The topological polar surface area (TPSA) is 75.5 Å². The zero-order valence-electron chi connectivity index (χ0n) is 18.9. The predicted molar refractivity (Wildman–Crippen MR) is 113 cm³/mol. The highest BCUT2D eigenvalue weighted by Crippen LogP contribution is 2.56. The van der Waals surface area contributed by atoms with E-state index in [0.29, 0.717) is 12.0 Å². The summed E-state index contributed by atoms with van der Waals surface area (Å²) in [5.41, 5.74) is -2.75. The number of alkyl halides is 3. The highest BCUT2D eigenvalue weighted by atomic mass is 19.4. The molecule has 3 rings (SSSR count). The highest BCUT2D eigenvalue weighted by molar-refractivity contribution is 5.88. The van der Waals surface area contributed by atoms with Gasteiger partial charge in [0, 0.05) is 18.6 Å². The largest absolute Gasteiger partial charge is 0.443 e. The molecule has 0 saturated heterocycles. The normalized spacial score (nSPS) is 20.5. The van der Waals surface area contributed by atoms with Gasteiger partial charge in [0.2, 0.25) is 0 Å². The lowest BCUT2D eigenvalue weighted by Gasteiger charge is -2.30. The molecule has 0 radical (unpaired) electrons. The van der Waals surface area contributed by atoms with Gasteiger partial charge in [0.1, 0.15) is 17.2 Å².